The summed E-state index contributed by atoms with van der Waals surface area (Å²) < 4.78 is 5.05. The number of amides is 2. The number of piperidine rings is 1. The normalized spacial score (nSPS) is 17.7. The first kappa shape index (κ1) is 17.8. The van der Waals surface area contributed by atoms with Crippen LogP contribution in [-0.2, 0) is 4.74 Å². The Balaban J connectivity index is 1.47. The first-order chi connectivity index (χ1) is 13.2. The van der Waals surface area contributed by atoms with E-state index in [9.17, 15) is 9.59 Å². The highest BCUT2D eigenvalue weighted by atomic mass is 16.6. The molecule has 0 atom stereocenters. The summed E-state index contributed by atoms with van der Waals surface area (Å²) in [6.45, 7) is 3.40. The third-order valence-electron chi connectivity index (χ3n) is 5.33. The van der Waals surface area contributed by atoms with Crippen molar-refractivity contribution < 1.29 is 14.3 Å². The number of nitrogens with zero attached hydrogens (tertiary/aromatic N) is 2. The maximum absolute atomic E-state index is 13.0. The van der Waals surface area contributed by atoms with E-state index in [0.717, 1.165) is 42.3 Å². The molecule has 2 fully saturated rings. The lowest BCUT2D eigenvalue weighted by Crippen LogP contribution is -2.46. The first-order valence-corrected chi connectivity index (χ1v) is 9.78. The monoisotopic (exact) mass is 367 g/mol. The summed E-state index contributed by atoms with van der Waals surface area (Å²) >= 11 is 0. The van der Waals surface area contributed by atoms with Crippen LogP contribution in [0.1, 0.15) is 54.6 Å². The topological polar surface area (TPSA) is 71.5 Å². The van der Waals surface area contributed by atoms with Crippen molar-refractivity contribution in [3.63, 3.8) is 0 Å². The molecule has 2 aliphatic rings. The number of hydrogen-bond donors (Lipinski definition) is 1. The molecule has 1 aliphatic heterocycles. The molecule has 1 aliphatic carbocycles. The Bertz CT molecular complexity index is 855. The van der Waals surface area contributed by atoms with Crippen LogP contribution in [-0.4, -0.2) is 47.6 Å². The van der Waals surface area contributed by atoms with Gasteiger partial charge in [-0.1, -0.05) is 18.2 Å². The van der Waals surface area contributed by atoms with E-state index in [1.807, 2.05) is 30.3 Å². The zero-order valence-electron chi connectivity index (χ0n) is 15.6. The second-order valence-corrected chi connectivity index (χ2v) is 7.32. The largest absolute Gasteiger partial charge is 0.450 e. The highest BCUT2D eigenvalue weighted by Gasteiger charge is 2.28. The number of hydrogen-bond acceptors (Lipinski definition) is 4. The van der Waals surface area contributed by atoms with Crippen LogP contribution < -0.4 is 5.32 Å². The van der Waals surface area contributed by atoms with Crippen LogP contribution in [0.25, 0.3) is 10.9 Å². The van der Waals surface area contributed by atoms with E-state index in [-0.39, 0.29) is 18.0 Å². The van der Waals surface area contributed by atoms with Crippen molar-refractivity contribution in [1.82, 2.24) is 15.2 Å². The quantitative estimate of drug-likeness (QED) is 0.898. The van der Waals surface area contributed by atoms with Crippen LogP contribution in [0.4, 0.5) is 4.79 Å². The number of carbonyl (C=O) groups is 2. The van der Waals surface area contributed by atoms with Crippen molar-refractivity contribution in [2.75, 3.05) is 19.7 Å². The molecule has 6 heteroatoms. The Kier molecular flexibility index (Phi) is 4.97. The maximum atomic E-state index is 13.0. The molecule has 27 heavy (non-hydrogen) atoms. The molecule has 6 nitrogen and oxygen atoms in total. The molecule has 4 rings (SSSR count). The average Bonchev–Trinajstić information content (AvgIpc) is 3.53. The minimum atomic E-state index is -0.267. The van der Waals surface area contributed by atoms with Crippen LogP contribution >= 0.6 is 0 Å². The molecule has 0 radical (unpaired) electrons. The van der Waals surface area contributed by atoms with Gasteiger partial charge in [-0.15, -0.1) is 0 Å². The second kappa shape index (κ2) is 7.55. The molecule has 2 aromatic rings. The molecule has 2 heterocycles. The van der Waals surface area contributed by atoms with Gasteiger partial charge in [0.1, 0.15) is 0 Å². The molecule has 1 aromatic carbocycles. The van der Waals surface area contributed by atoms with E-state index in [1.54, 1.807) is 11.8 Å². The standard InChI is InChI=1S/C21H25N3O3/c1-2-27-21(26)24-11-9-15(10-12-24)22-20(25)17-13-19(14-7-8-14)23-18-6-4-3-5-16(17)18/h3-6,13-15H,2,7-12H2,1H3,(H,22,25). The lowest BCUT2D eigenvalue weighted by atomic mass is 10.0. The number of para-hydroxylation sites is 1. The fraction of sp³-hybridized carbons (Fsp3) is 0.476. The van der Waals surface area contributed by atoms with E-state index in [4.69, 9.17) is 9.72 Å². The summed E-state index contributed by atoms with van der Waals surface area (Å²) in [5.41, 5.74) is 2.61. The lowest BCUT2D eigenvalue weighted by molar-refractivity contribution is 0.0861. The van der Waals surface area contributed by atoms with Crippen molar-refractivity contribution in [2.45, 2.75) is 44.6 Å². The van der Waals surface area contributed by atoms with Gasteiger partial charge >= 0.3 is 6.09 Å². The Morgan fingerprint density at radius 2 is 1.93 bits per heavy atom. The molecule has 0 spiro atoms. The lowest BCUT2D eigenvalue weighted by Gasteiger charge is -2.31. The molecule has 1 saturated heterocycles. The number of aromatic nitrogens is 1. The van der Waals surface area contributed by atoms with E-state index in [0.29, 0.717) is 31.2 Å². The van der Waals surface area contributed by atoms with Gasteiger partial charge in [0.05, 0.1) is 17.7 Å². The van der Waals surface area contributed by atoms with Crippen molar-refractivity contribution in [2.24, 2.45) is 0 Å². The van der Waals surface area contributed by atoms with Gasteiger partial charge in [0.2, 0.25) is 0 Å². The van der Waals surface area contributed by atoms with Gasteiger partial charge < -0.3 is 15.0 Å². The summed E-state index contributed by atoms with van der Waals surface area (Å²) in [6, 6.07) is 9.85. The summed E-state index contributed by atoms with van der Waals surface area (Å²) in [6.07, 6.45) is 3.51. The third-order valence-corrected chi connectivity index (χ3v) is 5.33. The zero-order valence-corrected chi connectivity index (χ0v) is 15.6. The number of nitrogens with one attached hydrogen (secondary N) is 1. The second-order valence-electron chi connectivity index (χ2n) is 7.32. The predicted octanol–water partition coefficient (Wildman–Crippen LogP) is 3.46. The minimum Gasteiger partial charge on any atom is -0.450 e. The summed E-state index contributed by atoms with van der Waals surface area (Å²) in [4.78, 5) is 31.3. The maximum Gasteiger partial charge on any atom is 0.409 e. The van der Waals surface area contributed by atoms with Gasteiger partial charge in [-0.25, -0.2) is 4.79 Å². The van der Waals surface area contributed by atoms with Crippen LogP contribution in [0.15, 0.2) is 30.3 Å². The molecular weight excluding hydrogens is 342 g/mol. The Morgan fingerprint density at radius 1 is 1.19 bits per heavy atom. The molecule has 0 unspecified atom stereocenters. The van der Waals surface area contributed by atoms with Gasteiger partial charge in [0.25, 0.3) is 5.91 Å². The van der Waals surface area contributed by atoms with Crippen LogP contribution in [0, 0.1) is 0 Å². The summed E-state index contributed by atoms with van der Waals surface area (Å²) in [5.74, 6) is 0.444. The van der Waals surface area contributed by atoms with E-state index in [1.165, 1.54) is 0 Å². The molecule has 1 saturated carbocycles. The molecule has 0 bridgehead atoms. The summed E-state index contributed by atoms with van der Waals surface area (Å²) in [5, 5.41) is 4.05. The van der Waals surface area contributed by atoms with Gasteiger partial charge in [-0.05, 0) is 44.7 Å². The third kappa shape index (κ3) is 3.89. The predicted molar refractivity (Wildman–Crippen MR) is 103 cm³/mol. The number of fused-ring (bicyclic) bond motifs is 1. The fourth-order valence-electron chi connectivity index (χ4n) is 3.66. The van der Waals surface area contributed by atoms with Crippen LogP contribution in [0.2, 0.25) is 0 Å². The van der Waals surface area contributed by atoms with Gasteiger partial charge in [-0.2, -0.15) is 0 Å². The van der Waals surface area contributed by atoms with Gasteiger partial charge in [0.15, 0.2) is 0 Å². The van der Waals surface area contributed by atoms with Gasteiger partial charge in [-0.3, -0.25) is 9.78 Å². The van der Waals surface area contributed by atoms with E-state index < -0.39 is 0 Å². The number of benzene rings is 1. The number of likely N-dealkylation sites (tertiary alicyclic amines) is 1. The highest BCUT2D eigenvalue weighted by Crippen LogP contribution is 2.40. The Hall–Kier alpha value is -2.63. The highest BCUT2D eigenvalue weighted by molar-refractivity contribution is 6.06. The molecule has 142 valence electrons. The smallest absolute Gasteiger partial charge is 0.409 e. The number of ether oxygens (including phenoxy) is 1. The average molecular weight is 367 g/mol. The fourth-order valence-corrected chi connectivity index (χ4v) is 3.66. The summed E-state index contributed by atoms with van der Waals surface area (Å²) in [7, 11) is 0. The molecule has 1 N–H and O–H groups in total. The molecular formula is C21H25N3O3. The van der Waals surface area contributed by atoms with Crippen molar-refractivity contribution in [1.29, 1.82) is 0 Å². The van der Waals surface area contributed by atoms with Gasteiger partial charge in [0, 0.05) is 36.1 Å². The van der Waals surface area contributed by atoms with E-state index >= 15 is 0 Å². The SMILES string of the molecule is CCOC(=O)N1CCC(NC(=O)c2cc(C3CC3)nc3ccccc23)CC1. The van der Waals surface area contributed by atoms with Crippen LogP contribution in [0.3, 0.4) is 0 Å². The molecule has 2 amide bonds. The van der Waals surface area contributed by atoms with Crippen molar-refractivity contribution >= 4 is 22.9 Å². The van der Waals surface area contributed by atoms with Crippen LogP contribution in [0.5, 0.6) is 0 Å². The van der Waals surface area contributed by atoms with Crippen molar-refractivity contribution in [3.05, 3.63) is 41.6 Å². The van der Waals surface area contributed by atoms with E-state index in [2.05, 4.69) is 5.32 Å². The number of rotatable bonds is 4. The van der Waals surface area contributed by atoms with Crippen molar-refractivity contribution in [3.8, 4) is 0 Å². The molecule has 1 aromatic heterocycles. The Morgan fingerprint density at radius 3 is 2.63 bits per heavy atom. The zero-order chi connectivity index (χ0) is 18.8. The Labute approximate surface area is 158 Å². The minimum absolute atomic E-state index is 0.0508. The first-order valence-electron chi connectivity index (χ1n) is 9.78. The number of pyridine rings is 1. The number of carbonyl (C=O) groups excluding carboxylic acids is 2.